The molecule has 0 aromatic heterocycles. The lowest BCUT2D eigenvalue weighted by atomic mass is 9.92. The molecule has 0 bridgehead atoms. The van der Waals surface area contributed by atoms with Gasteiger partial charge in [-0.05, 0) is 39.2 Å². The van der Waals surface area contributed by atoms with Crippen LogP contribution >= 0.6 is 0 Å². The minimum absolute atomic E-state index is 0.107. The average molecular weight is 478 g/mol. The molecular formula is C25H39N3O6. The number of hydrogen-bond donors (Lipinski definition) is 2. The molecule has 2 rings (SSSR count). The maximum atomic E-state index is 11.3. The molecule has 190 valence electrons. The summed E-state index contributed by atoms with van der Waals surface area (Å²) in [5.41, 5.74) is 5.97. The molecular weight excluding hydrogens is 438 g/mol. The van der Waals surface area contributed by atoms with E-state index in [0.29, 0.717) is 6.42 Å². The Morgan fingerprint density at radius 1 is 1.09 bits per heavy atom. The van der Waals surface area contributed by atoms with Gasteiger partial charge >= 0.3 is 18.2 Å². The summed E-state index contributed by atoms with van der Waals surface area (Å²) in [5, 5.41) is 1.98. The third-order valence-corrected chi connectivity index (χ3v) is 4.92. The van der Waals surface area contributed by atoms with Gasteiger partial charge in [-0.1, -0.05) is 49.4 Å². The highest BCUT2D eigenvalue weighted by Gasteiger charge is 2.29. The molecule has 9 nitrogen and oxygen atoms in total. The van der Waals surface area contributed by atoms with Crippen LogP contribution in [0.3, 0.4) is 0 Å². The van der Waals surface area contributed by atoms with Gasteiger partial charge in [0.25, 0.3) is 0 Å². The lowest BCUT2D eigenvalue weighted by molar-refractivity contribution is -0.142. The van der Waals surface area contributed by atoms with Crippen LogP contribution in [0.5, 0.6) is 0 Å². The van der Waals surface area contributed by atoms with E-state index in [9.17, 15) is 14.4 Å². The van der Waals surface area contributed by atoms with Crippen LogP contribution in [0.4, 0.5) is 9.59 Å². The zero-order valence-corrected chi connectivity index (χ0v) is 21.0. The molecule has 0 fully saturated rings. The standard InChI is InChI=1S/C13H17NO4.C12H22N2O2/c1-13(2,3)18-12(16)14-11(15)17-9-10-7-5-4-6-8-10;1-3-12(13,9-11(15)16-2)10-14-7-5-4-6-8-14/h4-8H,9H2,1-3H3,(H,14,15,16);4-5H,3,6-10,13H2,1-2H3/t;12-/m.1/s1. The van der Waals surface area contributed by atoms with Gasteiger partial charge in [-0.3, -0.25) is 9.69 Å². The number of methoxy groups -OCH3 is 1. The second-order valence-electron chi connectivity index (χ2n) is 9.15. The van der Waals surface area contributed by atoms with E-state index in [1.165, 1.54) is 7.11 Å². The van der Waals surface area contributed by atoms with Crippen LogP contribution in [0.25, 0.3) is 0 Å². The van der Waals surface area contributed by atoms with Crippen molar-refractivity contribution in [2.75, 3.05) is 26.7 Å². The molecule has 34 heavy (non-hydrogen) atoms. The van der Waals surface area contributed by atoms with E-state index in [0.717, 1.165) is 38.0 Å². The number of nitrogens with zero attached hydrogens (tertiary/aromatic N) is 1. The number of nitrogens with two attached hydrogens (primary N) is 1. The summed E-state index contributed by atoms with van der Waals surface area (Å²) in [6.07, 6.45) is 4.83. The quantitative estimate of drug-likeness (QED) is 0.346. The molecule has 0 saturated carbocycles. The van der Waals surface area contributed by atoms with E-state index in [4.69, 9.17) is 15.2 Å². The monoisotopic (exact) mass is 477 g/mol. The topological polar surface area (TPSA) is 120 Å². The summed E-state index contributed by atoms with van der Waals surface area (Å²) >= 11 is 0. The number of imide groups is 1. The molecule has 9 heteroatoms. The van der Waals surface area contributed by atoms with Crippen molar-refractivity contribution >= 4 is 18.2 Å². The molecule has 0 unspecified atom stereocenters. The molecule has 0 saturated heterocycles. The molecule has 1 aliphatic rings. The van der Waals surface area contributed by atoms with E-state index in [1.54, 1.807) is 20.8 Å². The summed E-state index contributed by atoms with van der Waals surface area (Å²) < 4.78 is 14.5. The van der Waals surface area contributed by atoms with E-state index < -0.39 is 23.3 Å². The molecule has 1 aromatic carbocycles. The highest BCUT2D eigenvalue weighted by Crippen LogP contribution is 2.16. The van der Waals surface area contributed by atoms with E-state index in [-0.39, 0.29) is 12.6 Å². The number of rotatable bonds is 7. The fourth-order valence-electron chi connectivity index (χ4n) is 3.08. The summed E-state index contributed by atoms with van der Waals surface area (Å²) in [5.74, 6) is -0.225. The number of benzene rings is 1. The molecule has 1 atom stereocenters. The first-order chi connectivity index (χ1) is 16.0. The fraction of sp³-hybridized carbons (Fsp3) is 0.560. The number of esters is 1. The number of carbonyl (C=O) groups excluding carboxylic acids is 3. The van der Waals surface area contributed by atoms with Crippen LogP contribution < -0.4 is 11.1 Å². The van der Waals surface area contributed by atoms with Crippen molar-refractivity contribution in [3.05, 3.63) is 48.0 Å². The van der Waals surface area contributed by atoms with Crippen molar-refractivity contribution in [1.82, 2.24) is 10.2 Å². The minimum Gasteiger partial charge on any atom is -0.469 e. The van der Waals surface area contributed by atoms with Crippen molar-refractivity contribution in [2.24, 2.45) is 5.73 Å². The van der Waals surface area contributed by atoms with Crippen LogP contribution in [0.15, 0.2) is 42.5 Å². The van der Waals surface area contributed by atoms with Gasteiger partial charge in [0, 0.05) is 25.2 Å². The van der Waals surface area contributed by atoms with Gasteiger partial charge in [0.1, 0.15) is 12.2 Å². The number of nitrogens with one attached hydrogen (secondary N) is 1. The Kier molecular flexibility index (Phi) is 12.3. The molecule has 0 spiro atoms. The second-order valence-corrected chi connectivity index (χ2v) is 9.15. The Hall–Kier alpha value is -2.91. The van der Waals surface area contributed by atoms with Crippen LogP contribution in [-0.2, 0) is 25.6 Å². The van der Waals surface area contributed by atoms with E-state index in [2.05, 4.69) is 21.8 Å². The number of ether oxygens (including phenoxy) is 3. The summed E-state index contributed by atoms with van der Waals surface area (Å²) in [7, 11) is 1.40. The first-order valence-corrected chi connectivity index (χ1v) is 11.4. The zero-order chi connectivity index (χ0) is 25.6. The first-order valence-electron chi connectivity index (χ1n) is 11.4. The summed E-state index contributed by atoms with van der Waals surface area (Å²) in [6.45, 7) is 9.96. The maximum Gasteiger partial charge on any atom is 0.417 e. The molecule has 3 N–H and O–H groups in total. The van der Waals surface area contributed by atoms with Gasteiger partial charge in [-0.25, -0.2) is 14.9 Å². The first kappa shape index (κ1) is 29.1. The predicted molar refractivity (Wildman–Crippen MR) is 130 cm³/mol. The van der Waals surface area contributed by atoms with Gasteiger partial charge in [0.2, 0.25) is 0 Å². The second kappa shape index (κ2) is 14.4. The third-order valence-electron chi connectivity index (χ3n) is 4.92. The number of amides is 2. The van der Waals surface area contributed by atoms with Gasteiger partial charge < -0.3 is 19.9 Å². The predicted octanol–water partition coefficient (Wildman–Crippen LogP) is 3.77. The fourth-order valence-corrected chi connectivity index (χ4v) is 3.08. The van der Waals surface area contributed by atoms with Crippen LogP contribution in [0.1, 0.15) is 52.5 Å². The van der Waals surface area contributed by atoms with Crippen molar-refractivity contribution in [3.8, 4) is 0 Å². The molecule has 1 aromatic rings. The third kappa shape index (κ3) is 13.0. The number of carbonyl (C=O) groups is 3. The van der Waals surface area contributed by atoms with Gasteiger partial charge in [0.15, 0.2) is 0 Å². The lowest BCUT2D eigenvalue weighted by Gasteiger charge is -2.34. The molecule has 2 amide bonds. The smallest absolute Gasteiger partial charge is 0.417 e. The Balaban J connectivity index is 0.000000342. The highest BCUT2D eigenvalue weighted by atomic mass is 16.6. The van der Waals surface area contributed by atoms with Gasteiger partial charge in [-0.2, -0.15) is 0 Å². The summed E-state index contributed by atoms with van der Waals surface area (Å²) in [4.78, 5) is 36.1. The number of alkyl carbamates (subject to hydrolysis) is 2. The van der Waals surface area contributed by atoms with Gasteiger partial charge in [0.05, 0.1) is 13.5 Å². The van der Waals surface area contributed by atoms with Crippen molar-refractivity contribution < 1.29 is 28.6 Å². The van der Waals surface area contributed by atoms with Crippen LogP contribution in [-0.4, -0.2) is 60.9 Å². The van der Waals surface area contributed by atoms with Crippen molar-refractivity contribution in [1.29, 1.82) is 0 Å². The SMILES string of the molecule is CC(C)(C)OC(=O)NC(=O)OCc1ccccc1.CC[C@@](N)(CC(=O)OC)CN1CC=CCC1. The molecule has 0 aliphatic carbocycles. The van der Waals surface area contributed by atoms with Gasteiger partial charge in [-0.15, -0.1) is 0 Å². The minimum atomic E-state index is -0.826. The normalized spacial score (nSPS) is 15.2. The van der Waals surface area contributed by atoms with E-state index in [1.807, 2.05) is 42.6 Å². The Labute approximate surface area is 202 Å². The Morgan fingerprint density at radius 2 is 1.76 bits per heavy atom. The molecule has 1 aliphatic heterocycles. The van der Waals surface area contributed by atoms with E-state index >= 15 is 0 Å². The van der Waals surface area contributed by atoms with Crippen molar-refractivity contribution in [3.63, 3.8) is 0 Å². The average Bonchev–Trinajstić information content (AvgIpc) is 2.78. The van der Waals surface area contributed by atoms with Crippen LogP contribution in [0.2, 0.25) is 0 Å². The highest BCUT2D eigenvalue weighted by molar-refractivity contribution is 5.87. The summed E-state index contributed by atoms with van der Waals surface area (Å²) in [6, 6.07) is 9.18. The molecule has 1 heterocycles. The zero-order valence-electron chi connectivity index (χ0n) is 21.0. The Bertz CT molecular complexity index is 807. The number of hydrogen-bond acceptors (Lipinski definition) is 8. The van der Waals surface area contributed by atoms with Crippen molar-refractivity contribution in [2.45, 2.75) is 64.7 Å². The largest absolute Gasteiger partial charge is 0.469 e. The Morgan fingerprint density at radius 3 is 2.29 bits per heavy atom. The molecule has 0 radical (unpaired) electrons. The maximum absolute atomic E-state index is 11.3. The lowest BCUT2D eigenvalue weighted by Crippen LogP contribution is -2.52. The van der Waals surface area contributed by atoms with Crippen LogP contribution in [0, 0.1) is 0 Å².